The van der Waals surface area contributed by atoms with Crippen molar-refractivity contribution in [1.82, 2.24) is 14.9 Å². The Morgan fingerprint density at radius 2 is 1.85 bits per heavy atom. The number of aromatic nitrogens is 2. The number of rotatable bonds is 8. The fourth-order valence-corrected chi connectivity index (χ4v) is 6.90. The Morgan fingerprint density at radius 1 is 1.05 bits per heavy atom. The maximum absolute atomic E-state index is 16.7. The van der Waals surface area contributed by atoms with Gasteiger partial charge in [-0.15, -0.1) is 0 Å². The van der Waals surface area contributed by atoms with E-state index in [2.05, 4.69) is 30.8 Å². The fourth-order valence-electron chi connectivity index (χ4n) is 6.90. The molecule has 0 bridgehead atoms. The SMILES string of the molecule is CCc1c(F)ccc2cccc(-c3c(F)cc4c(N5CCCC(C)C5)nc(CCC5(CN(C)C)CC5)nc4c3F)c12. The van der Waals surface area contributed by atoms with Crippen LogP contribution in [0, 0.1) is 28.8 Å². The summed E-state index contributed by atoms with van der Waals surface area (Å²) in [6.07, 6.45) is 6.49. The molecule has 2 fully saturated rings. The summed E-state index contributed by atoms with van der Waals surface area (Å²) in [7, 11) is 4.19. The molecule has 3 aromatic carbocycles. The van der Waals surface area contributed by atoms with Gasteiger partial charge in [-0.25, -0.2) is 23.1 Å². The van der Waals surface area contributed by atoms with Crippen LogP contribution in [-0.4, -0.2) is 48.6 Å². The molecular weight excluding hydrogens is 521 g/mol. The number of hydrogen-bond donors (Lipinski definition) is 0. The molecule has 4 nitrogen and oxygen atoms in total. The van der Waals surface area contributed by atoms with E-state index < -0.39 is 11.6 Å². The molecule has 216 valence electrons. The third-order valence-corrected chi connectivity index (χ3v) is 9.07. The van der Waals surface area contributed by atoms with E-state index in [0.717, 1.165) is 44.3 Å². The number of aryl methyl sites for hydroxylation is 2. The van der Waals surface area contributed by atoms with E-state index in [-0.39, 0.29) is 22.3 Å². The van der Waals surface area contributed by atoms with Crippen LogP contribution < -0.4 is 4.90 Å². The summed E-state index contributed by atoms with van der Waals surface area (Å²) in [5.74, 6) is -0.0597. The average Bonchev–Trinajstić information content (AvgIpc) is 3.70. The lowest BCUT2D eigenvalue weighted by Gasteiger charge is -2.33. The van der Waals surface area contributed by atoms with Gasteiger partial charge in [-0.2, -0.15) is 0 Å². The molecule has 4 aromatic rings. The minimum atomic E-state index is -0.705. The molecule has 2 aliphatic rings. The van der Waals surface area contributed by atoms with E-state index in [1.54, 1.807) is 18.2 Å². The van der Waals surface area contributed by atoms with Gasteiger partial charge < -0.3 is 9.80 Å². The summed E-state index contributed by atoms with van der Waals surface area (Å²) in [6.45, 7) is 6.67. The number of fused-ring (bicyclic) bond motifs is 2. The smallest absolute Gasteiger partial charge is 0.160 e. The first kappa shape index (κ1) is 28.0. The maximum atomic E-state index is 16.7. The van der Waals surface area contributed by atoms with Crippen molar-refractivity contribution < 1.29 is 13.2 Å². The Hall–Kier alpha value is -3.19. The molecule has 0 radical (unpaired) electrons. The monoisotopic (exact) mass is 560 g/mol. The first-order valence-corrected chi connectivity index (χ1v) is 15.0. The summed E-state index contributed by atoms with van der Waals surface area (Å²) < 4.78 is 47.6. The van der Waals surface area contributed by atoms with Gasteiger partial charge in [0.15, 0.2) is 5.82 Å². The summed E-state index contributed by atoms with van der Waals surface area (Å²) in [5.41, 5.74) is 1.06. The van der Waals surface area contributed by atoms with Crippen LogP contribution in [0.4, 0.5) is 19.0 Å². The molecule has 41 heavy (non-hydrogen) atoms. The van der Waals surface area contributed by atoms with Crippen LogP contribution >= 0.6 is 0 Å². The summed E-state index contributed by atoms with van der Waals surface area (Å²) in [6, 6.07) is 9.79. The van der Waals surface area contributed by atoms with Gasteiger partial charge >= 0.3 is 0 Å². The highest BCUT2D eigenvalue weighted by molar-refractivity contribution is 6.02. The topological polar surface area (TPSA) is 32.3 Å². The number of benzene rings is 3. The minimum absolute atomic E-state index is 0.142. The maximum Gasteiger partial charge on any atom is 0.160 e. The van der Waals surface area contributed by atoms with Crippen LogP contribution in [0.15, 0.2) is 36.4 Å². The van der Waals surface area contributed by atoms with Gasteiger partial charge in [0.25, 0.3) is 0 Å². The highest BCUT2D eigenvalue weighted by atomic mass is 19.1. The van der Waals surface area contributed by atoms with Crippen LogP contribution in [0.5, 0.6) is 0 Å². The number of anilines is 1. The molecule has 0 N–H and O–H groups in total. The van der Waals surface area contributed by atoms with Gasteiger partial charge in [0, 0.05) is 31.4 Å². The Morgan fingerprint density at radius 3 is 2.56 bits per heavy atom. The zero-order valence-corrected chi connectivity index (χ0v) is 24.5. The largest absolute Gasteiger partial charge is 0.356 e. The number of piperidine rings is 1. The highest BCUT2D eigenvalue weighted by Crippen LogP contribution is 2.50. The van der Waals surface area contributed by atoms with Crippen molar-refractivity contribution in [2.24, 2.45) is 11.3 Å². The first-order valence-electron chi connectivity index (χ1n) is 15.0. The Balaban J connectivity index is 1.53. The molecule has 0 spiro atoms. The summed E-state index contributed by atoms with van der Waals surface area (Å²) in [4.78, 5) is 14.1. The van der Waals surface area contributed by atoms with Crippen LogP contribution in [-0.2, 0) is 12.8 Å². The van der Waals surface area contributed by atoms with Crippen LogP contribution in [0.1, 0.15) is 57.3 Å². The van der Waals surface area contributed by atoms with Crippen molar-refractivity contribution in [3.05, 3.63) is 65.2 Å². The number of hydrogen-bond acceptors (Lipinski definition) is 4. The zero-order chi connectivity index (χ0) is 28.9. The molecule has 1 saturated heterocycles. The second-order valence-corrected chi connectivity index (χ2v) is 12.6. The van der Waals surface area contributed by atoms with Gasteiger partial charge in [0.1, 0.15) is 28.8 Å². The molecule has 1 atom stereocenters. The van der Waals surface area contributed by atoms with Crippen molar-refractivity contribution in [3.8, 4) is 11.1 Å². The van der Waals surface area contributed by atoms with Crippen molar-refractivity contribution >= 4 is 27.5 Å². The molecule has 1 aliphatic carbocycles. The van der Waals surface area contributed by atoms with E-state index in [1.807, 2.05) is 13.0 Å². The molecule has 1 aromatic heterocycles. The lowest BCUT2D eigenvalue weighted by molar-refractivity contribution is 0.294. The minimum Gasteiger partial charge on any atom is -0.356 e. The van der Waals surface area contributed by atoms with E-state index in [0.29, 0.717) is 52.3 Å². The molecular formula is C34H39F3N4. The van der Waals surface area contributed by atoms with Crippen LogP contribution in [0.25, 0.3) is 32.8 Å². The van der Waals surface area contributed by atoms with E-state index in [4.69, 9.17) is 9.97 Å². The summed E-state index contributed by atoms with van der Waals surface area (Å²) in [5, 5.41) is 1.70. The van der Waals surface area contributed by atoms with E-state index >= 15 is 8.78 Å². The van der Waals surface area contributed by atoms with Crippen LogP contribution in [0.3, 0.4) is 0 Å². The zero-order valence-electron chi connectivity index (χ0n) is 24.5. The normalized spacial score (nSPS) is 18.5. The average molecular weight is 561 g/mol. The predicted molar refractivity (Wildman–Crippen MR) is 161 cm³/mol. The van der Waals surface area contributed by atoms with Crippen molar-refractivity contribution in [3.63, 3.8) is 0 Å². The lowest BCUT2D eigenvalue weighted by Crippen LogP contribution is -2.35. The van der Waals surface area contributed by atoms with Crippen molar-refractivity contribution in [1.29, 1.82) is 0 Å². The van der Waals surface area contributed by atoms with Gasteiger partial charge in [0.05, 0.1) is 5.56 Å². The molecule has 0 amide bonds. The molecule has 1 saturated carbocycles. The second kappa shape index (κ2) is 10.9. The van der Waals surface area contributed by atoms with E-state index in [1.165, 1.54) is 25.0 Å². The highest BCUT2D eigenvalue weighted by Gasteiger charge is 2.42. The van der Waals surface area contributed by atoms with E-state index in [9.17, 15) is 4.39 Å². The first-order chi connectivity index (χ1) is 19.7. The molecule has 2 heterocycles. The van der Waals surface area contributed by atoms with Gasteiger partial charge in [-0.3, -0.25) is 0 Å². The third-order valence-electron chi connectivity index (χ3n) is 9.07. The molecule has 1 unspecified atom stereocenters. The Labute approximate surface area is 240 Å². The Kier molecular flexibility index (Phi) is 7.43. The van der Waals surface area contributed by atoms with Crippen molar-refractivity contribution in [2.75, 3.05) is 38.6 Å². The molecule has 7 heteroatoms. The van der Waals surface area contributed by atoms with Crippen LogP contribution in [0.2, 0.25) is 0 Å². The van der Waals surface area contributed by atoms with Gasteiger partial charge in [0.2, 0.25) is 0 Å². The Bertz CT molecular complexity index is 1610. The standard InChI is InChI=1S/C34H39F3N4/c1-5-23-26(35)12-11-22-9-6-10-24(29(22)23)30-27(36)18-25-32(31(30)37)38-28(13-14-34(15-16-34)20-40(3)4)39-33(25)41-17-7-8-21(2)19-41/h6,9-12,18,21H,5,7-8,13-17,19-20H2,1-4H3. The quantitative estimate of drug-likeness (QED) is 0.219. The molecule has 6 rings (SSSR count). The van der Waals surface area contributed by atoms with Crippen molar-refractivity contribution in [2.45, 2.75) is 58.8 Å². The molecule has 1 aliphatic heterocycles. The fraction of sp³-hybridized carbons (Fsp3) is 0.471. The van der Waals surface area contributed by atoms with Gasteiger partial charge in [-0.1, -0.05) is 38.1 Å². The summed E-state index contributed by atoms with van der Waals surface area (Å²) >= 11 is 0. The van der Waals surface area contributed by atoms with Gasteiger partial charge in [-0.05, 0) is 98.0 Å². The third kappa shape index (κ3) is 5.29. The second-order valence-electron chi connectivity index (χ2n) is 12.6. The predicted octanol–water partition coefficient (Wildman–Crippen LogP) is 7.94. The lowest BCUT2D eigenvalue weighted by atomic mass is 9.92. The number of nitrogens with zero attached hydrogens (tertiary/aromatic N) is 4. The number of halogens is 3.